The predicted octanol–water partition coefficient (Wildman–Crippen LogP) is 3.52. The first-order chi connectivity index (χ1) is 16.5. The minimum Gasteiger partial charge on any atom is -0.328 e. The van der Waals surface area contributed by atoms with Crippen molar-refractivity contribution >= 4 is 32.9 Å². The number of carbonyl (C=O) groups is 1. The number of rotatable bonds is 4. The van der Waals surface area contributed by atoms with E-state index in [-0.39, 0.29) is 16.2 Å². The van der Waals surface area contributed by atoms with Crippen LogP contribution in [0.15, 0.2) is 64.3 Å². The summed E-state index contributed by atoms with van der Waals surface area (Å²) >= 11 is 1.11. The largest absolute Gasteiger partial charge is 0.328 e. The van der Waals surface area contributed by atoms with Crippen molar-refractivity contribution < 1.29 is 13.2 Å². The van der Waals surface area contributed by atoms with Gasteiger partial charge in [0.05, 0.1) is 11.6 Å². The Labute approximate surface area is 201 Å². The number of hydrogen-bond acceptors (Lipinski definition) is 6. The number of pyridine rings is 1. The first kappa shape index (κ1) is 21.5. The SMILES string of the molecule is O=C(c1csc(S(=O)(=O)N2CCc3ccccc3C2)c1)N1CCC[C@@H]1c1nnc2ccccn12. The molecule has 1 fully saturated rings. The normalized spacial score (nSPS) is 18.9. The minimum atomic E-state index is -3.67. The fourth-order valence-electron chi connectivity index (χ4n) is 4.90. The van der Waals surface area contributed by atoms with E-state index in [9.17, 15) is 13.2 Å². The zero-order valence-corrected chi connectivity index (χ0v) is 20.0. The molecule has 2 aliphatic rings. The van der Waals surface area contributed by atoms with Gasteiger partial charge in [-0.1, -0.05) is 30.3 Å². The van der Waals surface area contributed by atoms with Crippen LogP contribution in [-0.4, -0.2) is 51.2 Å². The molecule has 0 N–H and O–H groups in total. The number of aromatic nitrogens is 3. The lowest BCUT2D eigenvalue weighted by atomic mass is 10.0. The number of thiophene rings is 1. The minimum absolute atomic E-state index is 0.170. The van der Waals surface area contributed by atoms with Gasteiger partial charge in [-0.25, -0.2) is 8.42 Å². The summed E-state index contributed by atoms with van der Waals surface area (Å²) in [5.74, 6) is 0.563. The second-order valence-electron chi connectivity index (χ2n) is 8.66. The van der Waals surface area contributed by atoms with Gasteiger partial charge in [-0.2, -0.15) is 4.31 Å². The standard InChI is InChI=1S/C24H23N5O3S2/c30-24(28-12-5-8-20(28)23-26-25-21-9-3-4-11-29(21)23)19-14-22(33-16-19)34(31,32)27-13-10-17-6-1-2-7-18(17)15-27/h1-4,6-7,9,11,14,16,20H,5,8,10,12-13,15H2/t20-/m1/s1. The van der Waals surface area contributed by atoms with E-state index in [2.05, 4.69) is 10.2 Å². The molecular weight excluding hydrogens is 470 g/mol. The molecule has 1 amide bonds. The van der Waals surface area contributed by atoms with Crippen LogP contribution in [0.3, 0.4) is 0 Å². The molecule has 0 radical (unpaired) electrons. The van der Waals surface area contributed by atoms with Crippen molar-refractivity contribution in [2.45, 2.75) is 36.1 Å². The van der Waals surface area contributed by atoms with E-state index < -0.39 is 10.0 Å². The van der Waals surface area contributed by atoms with Gasteiger partial charge in [0.1, 0.15) is 4.21 Å². The predicted molar refractivity (Wildman–Crippen MR) is 128 cm³/mol. The molecule has 0 saturated carbocycles. The maximum Gasteiger partial charge on any atom is 0.255 e. The Balaban J connectivity index is 1.25. The van der Waals surface area contributed by atoms with Gasteiger partial charge >= 0.3 is 0 Å². The molecule has 6 rings (SSSR count). The molecule has 4 aromatic rings. The van der Waals surface area contributed by atoms with Crippen molar-refractivity contribution in [3.8, 4) is 0 Å². The number of amides is 1. The van der Waals surface area contributed by atoms with Crippen LogP contribution in [0.25, 0.3) is 5.65 Å². The average molecular weight is 494 g/mol. The topological polar surface area (TPSA) is 87.9 Å². The molecule has 8 nitrogen and oxygen atoms in total. The lowest BCUT2D eigenvalue weighted by molar-refractivity contribution is 0.0729. The van der Waals surface area contributed by atoms with Crippen LogP contribution in [0.5, 0.6) is 0 Å². The van der Waals surface area contributed by atoms with Gasteiger partial charge < -0.3 is 4.90 Å². The van der Waals surface area contributed by atoms with Crippen LogP contribution in [0, 0.1) is 0 Å². The highest BCUT2D eigenvalue weighted by atomic mass is 32.2. The van der Waals surface area contributed by atoms with Crippen LogP contribution in [0.2, 0.25) is 0 Å². The number of likely N-dealkylation sites (tertiary alicyclic amines) is 1. The first-order valence-corrected chi connectivity index (χ1v) is 13.6. The van der Waals surface area contributed by atoms with Gasteiger partial charge in [-0.05, 0) is 48.6 Å². The summed E-state index contributed by atoms with van der Waals surface area (Å²) in [6.07, 6.45) is 4.25. The second kappa shape index (κ2) is 8.30. The Morgan fingerprint density at radius 1 is 1.03 bits per heavy atom. The fourth-order valence-corrected chi connectivity index (χ4v) is 7.62. The van der Waals surface area contributed by atoms with E-state index in [0.717, 1.165) is 41.2 Å². The van der Waals surface area contributed by atoms with Crippen LogP contribution in [0.1, 0.15) is 46.2 Å². The maximum atomic E-state index is 13.4. The molecule has 0 spiro atoms. The number of sulfonamides is 1. The number of hydrogen-bond donors (Lipinski definition) is 0. The third-order valence-corrected chi connectivity index (χ3v) is 9.92. The van der Waals surface area contributed by atoms with Gasteiger partial charge in [-0.3, -0.25) is 9.20 Å². The van der Waals surface area contributed by atoms with Gasteiger partial charge in [0.25, 0.3) is 15.9 Å². The highest BCUT2D eigenvalue weighted by molar-refractivity contribution is 7.91. The van der Waals surface area contributed by atoms with Gasteiger partial charge in [0.15, 0.2) is 11.5 Å². The molecule has 3 aromatic heterocycles. The zero-order chi connectivity index (χ0) is 23.3. The van der Waals surface area contributed by atoms with E-state index in [1.54, 1.807) is 10.3 Å². The molecule has 5 heterocycles. The van der Waals surface area contributed by atoms with Crippen LogP contribution < -0.4 is 0 Å². The van der Waals surface area contributed by atoms with Crippen molar-refractivity contribution in [3.63, 3.8) is 0 Å². The molecule has 10 heteroatoms. The Morgan fingerprint density at radius 2 is 1.85 bits per heavy atom. The monoisotopic (exact) mass is 493 g/mol. The van der Waals surface area contributed by atoms with E-state index in [4.69, 9.17) is 0 Å². The summed E-state index contributed by atoms with van der Waals surface area (Å²) in [5.41, 5.74) is 3.37. The van der Waals surface area contributed by atoms with Gasteiger partial charge in [0, 0.05) is 31.2 Å². The lowest BCUT2D eigenvalue weighted by Gasteiger charge is -2.27. The van der Waals surface area contributed by atoms with Crippen LogP contribution in [-0.2, 0) is 23.0 Å². The summed E-state index contributed by atoms with van der Waals surface area (Å²) < 4.78 is 30.3. The van der Waals surface area contributed by atoms with Crippen LogP contribution in [0.4, 0.5) is 0 Å². The van der Waals surface area contributed by atoms with E-state index in [0.29, 0.717) is 31.6 Å². The third-order valence-electron chi connectivity index (χ3n) is 6.66. The van der Waals surface area contributed by atoms with Crippen molar-refractivity contribution in [2.24, 2.45) is 0 Å². The average Bonchev–Trinajstić information content (AvgIpc) is 3.62. The summed E-state index contributed by atoms with van der Waals surface area (Å²) in [4.78, 5) is 15.2. The van der Waals surface area contributed by atoms with E-state index in [1.165, 1.54) is 15.9 Å². The molecule has 0 unspecified atom stereocenters. The molecule has 1 aromatic carbocycles. The Morgan fingerprint density at radius 3 is 2.74 bits per heavy atom. The molecule has 174 valence electrons. The van der Waals surface area contributed by atoms with Crippen molar-refractivity contribution in [2.75, 3.05) is 13.1 Å². The second-order valence-corrected chi connectivity index (χ2v) is 11.7. The smallest absolute Gasteiger partial charge is 0.255 e. The molecule has 0 bridgehead atoms. The molecule has 1 atom stereocenters. The summed E-state index contributed by atoms with van der Waals surface area (Å²) in [6.45, 7) is 1.40. The molecule has 34 heavy (non-hydrogen) atoms. The number of benzene rings is 1. The lowest BCUT2D eigenvalue weighted by Crippen LogP contribution is -2.35. The summed E-state index contributed by atoms with van der Waals surface area (Å²) in [5, 5.41) is 10.2. The number of nitrogens with zero attached hydrogens (tertiary/aromatic N) is 5. The maximum absolute atomic E-state index is 13.4. The van der Waals surface area contributed by atoms with E-state index >= 15 is 0 Å². The van der Waals surface area contributed by atoms with E-state index in [1.807, 2.05) is 53.1 Å². The quantitative estimate of drug-likeness (QED) is 0.434. The first-order valence-electron chi connectivity index (χ1n) is 11.3. The molecule has 1 saturated heterocycles. The Bertz CT molecular complexity index is 1490. The molecule has 0 aliphatic carbocycles. The van der Waals surface area contributed by atoms with Crippen molar-refractivity contribution in [1.82, 2.24) is 23.8 Å². The molecule has 2 aliphatic heterocycles. The van der Waals surface area contributed by atoms with Crippen molar-refractivity contribution in [3.05, 3.63) is 82.6 Å². The highest BCUT2D eigenvalue weighted by Crippen LogP contribution is 2.34. The number of carbonyl (C=O) groups excluding carboxylic acids is 1. The van der Waals surface area contributed by atoms with Gasteiger partial charge in [0.2, 0.25) is 0 Å². The Hall–Kier alpha value is -3.08. The Kier molecular flexibility index (Phi) is 5.23. The summed E-state index contributed by atoms with van der Waals surface area (Å²) in [7, 11) is -3.67. The van der Waals surface area contributed by atoms with Crippen molar-refractivity contribution in [1.29, 1.82) is 0 Å². The fraction of sp³-hybridized carbons (Fsp3) is 0.292. The summed E-state index contributed by atoms with van der Waals surface area (Å²) in [6, 6.07) is 15.0. The van der Waals surface area contributed by atoms with Crippen LogP contribution >= 0.6 is 11.3 Å². The van der Waals surface area contributed by atoms with Gasteiger partial charge in [-0.15, -0.1) is 21.5 Å². The highest BCUT2D eigenvalue weighted by Gasteiger charge is 2.35. The zero-order valence-electron chi connectivity index (χ0n) is 18.4. The number of fused-ring (bicyclic) bond motifs is 2. The third kappa shape index (κ3) is 3.53. The molecular formula is C24H23N5O3S2.